The van der Waals surface area contributed by atoms with Crippen molar-refractivity contribution in [3.63, 3.8) is 0 Å². The van der Waals surface area contributed by atoms with Crippen LogP contribution in [0, 0.1) is 0 Å². The van der Waals surface area contributed by atoms with Gasteiger partial charge in [-0.1, -0.05) is 42.5 Å². The van der Waals surface area contributed by atoms with E-state index in [0.29, 0.717) is 18.1 Å². The number of carbonyl (C=O) groups is 2. The lowest BCUT2D eigenvalue weighted by Crippen LogP contribution is -2.40. The highest BCUT2D eigenvalue weighted by Crippen LogP contribution is 2.29. The fourth-order valence-corrected chi connectivity index (χ4v) is 2.82. The summed E-state index contributed by atoms with van der Waals surface area (Å²) in [4.78, 5) is 24.3. The molecule has 0 saturated carbocycles. The highest BCUT2D eigenvalue weighted by atomic mass is 19.1. The summed E-state index contributed by atoms with van der Waals surface area (Å²) in [5.41, 5.74) is -1.39. The van der Waals surface area contributed by atoms with E-state index in [1.807, 2.05) is 30.3 Å². The summed E-state index contributed by atoms with van der Waals surface area (Å²) >= 11 is 0. The molecule has 2 aromatic carbocycles. The van der Waals surface area contributed by atoms with Crippen LogP contribution in [0.25, 0.3) is 0 Å². The number of para-hydroxylation sites is 2. The van der Waals surface area contributed by atoms with Crippen molar-refractivity contribution >= 4 is 11.9 Å². The lowest BCUT2D eigenvalue weighted by molar-refractivity contribution is -0.150. The van der Waals surface area contributed by atoms with Gasteiger partial charge >= 0.3 is 5.97 Å². The van der Waals surface area contributed by atoms with Crippen molar-refractivity contribution in [1.29, 1.82) is 0 Å². The second-order valence-corrected chi connectivity index (χ2v) is 6.35. The Bertz CT molecular complexity index is 813. The maximum absolute atomic E-state index is 14.1. The van der Waals surface area contributed by atoms with Gasteiger partial charge in [0.15, 0.2) is 18.1 Å². The lowest BCUT2D eigenvalue weighted by atomic mass is 10.1. The van der Waals surface area contributed by atoms with Crippen molar-refractivity contribution in [3.05, 3.63) is 60.2 Å². The second-order valence-electron chi connectivity index (χ2n) is 6.35. The highest BCUT2D eigenvalue weighted by Gasteiger charge is 2.46. The molecule has 1 aliphatic heterocycles. The summed E-state index contributed by atoms with van der Waals surface area (Å²) in [6, 6.07) is 16.6. The number of carboxylic acid groups (broad SMARTS) is 1. The Morgan fingerprint density at radius 2 is 1.67 bits per heavy atom. The van der Waals surface area contributed by atoms with Gasteiger partial charge in [0.1, 0.15) is 6.61 Å². The van der Waals surface area contributed by atoms with Crippen molar-refractivity contribution in [2.45, 2.75) is 18.7 Å². The van der Waals surface area contributed by atoms with E-state index >= 15 is 0 Å². The number of likely N-dealkylation sites (tertiary alicyclic amines) is 1. The normalized spacial score (nSPS) is 18.9. The Morgan fingerprint density at radius 3 is 2.30 bits per heavy atom. The molecule has 1 atom stereocenters. The predicted molar refractivity (Wildman–Crippen MR) is 95.4 cm³/mol. The first-order valence-corrected chi connectivity index (χ1v) is 8.56. The Morgan fingerprint density at radius 1 is 1.04 bits per heavy atom. The van der Waals surface area contributed by atoms with Gasteiger partial charge in [-0.2, -0.15) is 0 Å². The number of rotatable bonds is 7. The smallest absolute Gasteiger partial charge is 0.343 e. The van der Waals surface area contributed by atoms with E-state index in [1.54, 1.807) is 24.3 Å². The molecule has 6 nitrogen and oxygen atoms in total. The van der Waals surface area contributed by atoms with E-state index in [9.17, 15) is 14.0 Å². The Balaban J connectivity index is 1.57. The molecule has 0 aliphatic carbocycles. The van der Waals surface area contributed by atoms with Gasteiger partial charge in [-0.3, -0.25) is 4.79 Å². The number of hydrogen-bond donors (Lipinski definition) is 1. The van der Waals surface area contributed by atoms with Gasteiger partial charge in [-0.25, -0.2) is 9.18 Å². The molecule has 2 aromatic rings. The molecule has 0 radical (unpaired) electrons. The molecule has 3 rings (SSSR count). The molecule has 1 saturated heterocycles. The van der Waals surface area contributed by atoms with Crippen LogP contribution in [-0.4, -0.2) is 47.2 Å². The maximum atomic E-state index is 14.1. The molecule has 0 spiro atoms. The van der Waals surface area contributed by atoms with Crippen molar-refractivity contribution in [1.82, 2.24) is 4.90 Å². The van der Waals surface area contributed by atoms with Gasteiger partial charge < -0.3 is 19.5 Å². The SMILES string of the molecule is O=C(COc1ccccc1OCc1ccccc1)N1CCC(F)(C(=O)O)C1. The summed E-state index contributed by atoms with van der Waals surface area (Å²) in [5.74, 6) is -1.13. The summed E-state index contributed by atoms with van der Waals surface area (Å²) in [6.07, 6.45) is -0.217. The second kappa shape index (κ2) is 8.07. The minimum absolute atomic E-state index is 0.0527. The molecule has 1 fully saturated rings. The maximum Gasteiger partial charge on any atom is 0.343 e. The van der Waals surface area contributed by atoms with Gasteiger partial charge in [0.25, 0.3) is 5.91 Å². The number of hydrogen-bond acceptors (Lipinski definition) is 4. The zero-order chi connectivity index (χ0) is 19.3. The van der Waals surface area contributed by atoms with E-state index in [0.717, 1.165) is 5.56 Å². The van der Waals surface area contributed by atoms with E-state index in [-0.39, 0.29) is 19.6 Å². The third kappa shape index (κ3) is 4.55. The van der Waals surface area contributed by atoms with Crippen molar-refractivity contribution < 1.29 is 28.6 Å². The quantitative estimate of drug-likeness (QED) is 0.808. The average molecular weight is 373 g/mol. The topological polar surface area (TPSA) is 76.1 Å². The number of nitrogens with zero attached hydrogens (tertiary/aromatic N) is 1. The number of carbonyl (C=O) groups excluding carboxylic acids is 1. The largest absolute Gasteiger partial charge is 0.485 e. The first kappa shape index (κ1) is 18.7. The monoisotopic (exact) mass is 373 g/mol. The molecule has 1 amide bonds. The first-order chi connectivity index (χ1) is 13.0. The third-order valence-electron chi connectivity index (χ3n) is 4.39. The summed E-state index contributed by atoms with van der Waals surface area (Å²) in [6.45, 7) is -0.375. The van der Waals surface area contributed by atoms with Crippen LogP contribution >= 0.6 is 0 Å². The minimum Gasteiger partial charge on any atom is -0.485 e. The molecule has 1 aliphatic rings. The van der Waals surface area contributed by atoms with Gasteiger partial charge in [-0.05, 0) is 17.7 Å². The van der Waals surface area contributed by atoms with Gasteiger partial charge in [0, 0.05) is 13.0 Å². The number of halogens is 1. The zero-order valence-electron chi connectivity index (χ0n) is 14.6. The van der Waals surface area contributed by atoms with E-state index in [4.69, 9.17) is 14.6 Å². The number of amides is 1. The Kier molecular flexibility index (Phi) is 5.59. The van der Waals surface area contributed by atoms with Crippen LogP contribution in [0.2, 0.25) is 0 Å². The number of benzene rings is 2. The van der Waals surface area contributed by atoms with Crippen LogP contribution in [0.15, 0.2) is 54.6 Å². The first-order valence-electron chi connectivity index (χ1n) is 8.56. The highest BCUT2D eigenvalue weighted by molar-refractivity contribution is 5.83. The average Bonchev–Trinajstić information content (AvgIpc) is 3.10. The zero-order valence-corrected chi connectivity index (χ0v) is 14.6. The molecule has 0 aromatic heterocycles. The molecule has 1 N–H and O–H groups in total. The molecule has 27 heavy (non-hydrogen) atoms. The van der Waals surface area contributed by atoms with Crippen LogP contribution in [-0.2, 0) is 16.2 Å². The van der Waals surface area contributed by atoms with Gasteiger partial charge in [0.05, 0.1) is 6.54 Å². The molecule has 142 valence electrons. The Hall–Kier alpha value is -3.09. The van der Waals surface area contributed by atoms with Crippen LogP contribution in [0.3, 0.4) is 0 Å². The lowest BCUT2D eigenvalue weighted by Gasteiger charge is -2.18. The predicted octanol–water partition coefficient (Wildman–Crippen LogP) is 2.67. The van der Waals surface area contributed by atoms with E-state index < -0.39 is 24.1 Å². The molecule has 1 heterocycles. The van der Waals surface area contributed by atoms with Gasteiger partial charge in [-0.15, -0.1) is 0 Å². The third-order valence-corrected chi connectivity index (χ3v) is 4.39. The van der Waals surface area contributed by atoms with E-state index in [2.05, 4.69) is 0 Å². The standard InChI is InChI=1S/C20H20FNO5/c21-20(19(24)25)10-11-22(14-20)18(23)13-27-17-9-5-4-8-16(17)26-12-15-6-2-1-3-7-15/h1-9H,10-14H2,(H,24,25). The van der Waals surface area contributed by atoms with Crippen LogP contribution in [0.5, 0.6) is 11.5 Å². The summed E-state index contributed by atoms with van der Waals surface area (Å²) in [7, 11) is 0. The van der Waals surface area contributed by atoms with Gasteiger partial charge in [0.2, 0.25) is 5.67 Å². The van der Waals surface area contributed by atoms with E-state index in [1.165, 1.54) is 4.90 Å². The number of carboxylic acids is 1. The fraction of sp³-hybridized carbons (Fsp3) is 0.300. The fourth-order valence-electron chi connectivity index (χ4n) is 2.82. The molecular weight excluding hydrogens is 353 g/mol. The number of aliphatic carboxylic acids is 1. The van der Waals surface area contributed by atoms with Crippen LogP contribution < -0.4 is 9.47 Å². The minimum atomic E-state index is -2.38. The number of alkyl halides is 1. The Labute approximate surface area is 156 Å². The summed E-state index contributed by atoms with van der Waals surface area (Å²) < 4.78 is 25.4. The molecule has 0 bridgehead atoms. The summed E-state index contributed by atoms with van der Waals surface area (Å²) in [5, 5.41) is 8.91. The van der Waals surface area contributed by atoms with Crippen LogP contribution in [0.1, 0.15) is 12.0 Å². The molecule has 1 unspecified atom stereocenters. The number of ether oxygens (including phenoxy) is 2. The van der Waals surface area contributed by atoms with Crippen molar-refractivity contribution in [2.24, 2.45) is 0 Å². The van der Waals surface area contributed by atoms with Crippen molar-refractivity contribution in [2.75, 3.05) is 19.7 Å². The molecular formula is C20H20FNO5. The van der Waals surface area contributed by atoms with Crippen LogP contribution in [0.4, 0.5) is 4.39 Å². The molecule has 7 heteroatoms. The van der Waals surface area contributed by atoms with Crippen molar-refractivity contribution in [3.8, 4) is 11.5 Å².